The van der Waals surface area contributed by atoms with E-state index in [0.29, 0.717) is 36.0 Å². The molecule has 6 aromatic rings. The predicted molar refractivity (Wildman–Crippen MR) is 173 cm³/mol. The summed E-state index contributed by atoms with van der Waals surface area (Å²) in [4.78, 5) is 33.6. The lowest BCUT2D eigenvalue weighted by molar-refractivity contribution is 0.101. The first kappa shape index (κ1) is 28.4. The Morgan fingerprint density at radius 2 is 1.02 bits per heavy atom. The summed E-state index contributed by atoms with van der Waals surface area (Å²) in [6.45, 7) is 1.05. The Bertz CT molecular complexity index is 1770. The molecule has 0 bridgehead atoms. The molecule has 8 heteroatoms. The van der Waals surface area contributed by atoms with Crippen molar-refractivity contribution >= 4 is 44.7 Å². The van der Waals surface area contributed by atoms with Gasteiger partial charge in [-0.1, -0.05) is 48.5 Å². The molecule has 2 N–H and O–H groups in total. The zero-order chi connectivity index (χ0) is 30.1. The summed E-state index contributed by atoms with van der Waals surface area (Å²) in [7, 11) is 0. The fourth-order valence-electron chi connectivity index (χ4n) is 4.85. The maximum atomic E-state index is 12.7. The molecule has 2 heterocycles. The van der Waals surface area contributed by atoms with Crippen LogP contribution in [0.5, 0.6) is 11.5 Å². The quantitative estimate of drug-likeness (QED) is 0.153. The summed E-state index contributed by atoms with van der Waals surface area (Å²) in [5.41, 5.74) is 2.12. The second-order valence-corrected chi connectivity index (χ2v) is 10.1. The van der Waals surface area contributed by atoms with E-state index in [-0.39, 0.29) is 11.8 Å². The summed E-state index contributed by atoms with van der Waals surface area (Å²) in [5, 5.41) is 9.71. The lowest BCUT2D eigenvalue weighted by atomic mass is 10.1. The zero-order valence-electron chi connectivity index (χ0n) is 23.9. The maximum Gasteiger partial charge on any atom is 0.274 e. The minimum Gasteiger partial charge on any atom is -0.494 e. The smallest absolute Gasteiger partial charge is 0.274 e. The van der Waals surface area contributed by atoms with Crippen LogP contribution in [0.15, 0.2) is 122 Å². The molecule has 0 saturated carbocycles. The van der Waals surface area contributed by atoms with E-state index in [1.165, 1.54) is 0 Å². The van der Waals surface area contributed by atoms with Crippen molar-refractivity contribution in [3.63, 3.8) is 0 Å². The van der Waals surface area contributed by atoms with Crippen LogP contribution in [0.4, 0.5) is 11.4 Å². The number of benzene rings is 4. The fraction of sp³-hybridized carbons (Fsp3) is 0.111. The number of carbonyl (C=O) groups is 2. The molecule has 0 aliphatic heterocycles. The number of nitrogens with zero attached hydrogens (tertiary/aromatic N) is 2. The Labute approximate surface area is 254 Å². The molecule has 0 radical (unpaired) electrons. The van der Waals surface area contributed by atoms with E-state index in [1.807, 2.05) is 72.8 Å². The number of aromatic nitrogens is 2. The van der Waals surface area contributed by atoms with Crippen LogP contribution in [-0.2, 0) is 0 Å². The minimum absolute atomic E-state index is 0.263. The van der Waals surface area contributed by atoms with Gasteiger partial charge in [0.25, 0.3) is 11.8 Å². The molecule has 0 fully saturated rings. The first-order chi connectivity index (χ1) is 21.6. The van der Waals surface area contributed by atoms with Gasteiger partial charge in [0.15, 0.2) is 0 Å². The number of hydrogen-bond acceptors (Lipinski definition) is 6. The van der Waals surface area contributed by atoms with Crippen LogP contribution in [0.25, 0.3) is 21.5 Å². The highest BCUT2D eigenvalue weighted by atomic mass is 16.5. The van der Waals surface area contributed by atoms with E-state index >= 15 is 0 Å². The van der Waals surface area contributed by atoms with E-state index in [0.717, 1.165) is 45.9 Å². The summed E-state index contributed by atoms with van der Waals surface area (Å²) in [6, 6.07) is 33.8. The third-order valence-electron chi connectivity index (χ3n) is 7.07. The Balaban J connectivity index is 1.02. The molecule has 0 unspecified atom stereocenters. The van der Waals surface area contributed by atoms with Crippen molar-refractivity contribution in [1.82, 2.24) is 9.97 Å². The third kappa shape index (κ3) is 6.82. The highest BCUT2D eigenvalue weighted by molar-refractivity contribution is 6.09. The van der Waals surface area contributed by atoms with E-state index < -0.39 is 0 Å². The monoisotopic (exact) mass is 582 g/mol. The van der Waals surface area contributed by atoms with E-state index in [4.69, 9.17) is 9.47 Å². The molecule has 218 valence electrons. The van der Waals surface area contributed by atoms with Crippen LogP contribution in [0.1, 0.15) is 33.8 Å². The largest absolute Gasteiger partial charge is 0.494 e. The van der Waals surface area contributed by atoms with Crippen LogP contribution >= 0.6 is 0 Å². The Kier molecular flexibility index (Phi) is 8.69. The molecule has 0 spiro atoms. The second kappa shape index (κ2) is 13.5. The number of amides is 2. The predicted octanol–water partition coefficient (Wildman–Crippen LogP) is 7.53. The van der Waals surface area contributed by atoms with Gasteiger partial charge in [-0.3, -0.25) is 19.6 Å². The SMILES string of the molecule is O=C(Nc1cccc2ccc(OCCCCOc3ccc4cccc(NC(=O)c5ccccn5)c4c3)cc12)c1ccccn1. The van der Waals surface area contributed by atoms with Gasteiger partial charge in [0.1, 0.15) is 22.9 Å². The topological polar surface area (TPSA) is 102 Å². The third-order valence-corrected chi connectivity index (χ3v) is 7.07. The molecule has 0 saturated heterocycles. The minimum atomic E-state index is -0.263. The molecule has 2 aromatic heterocycles. The van der Waals surface area contributed by atoms with Crippen LogP contribution in [0.3, 0.4) is 0 Å². The van der Waals surface area contributed by atoms with Crippen LogP contribution in [0, 0.1) is 0 Å². The number of ether oxygens (including phenoxy) is 2. The van der Waals surface area contributed by atoms with Gasteiger partial charge < -0.3 is 20.1 Å². The summed E-state index contributed by atoms with van der Waals surface area (Å²) < 4.78 is 12.1. The zero-order valence-corrected chi connectivity index (χ0v) is 23.9. The molecular formula is C36H30N4O4. The van der Waals surface area contributed by atoms with Gasteiger partial charge in [-0.15, -0.1) is 0 Å². The summed E-state index contributed by atoms with van der Waals surface area (Å²) in [6.07, 6.45) is 4.80. The van der Waals surface area contributed by atoms with Crippen LogP contribution in [-0.4, -0.2) is 35.0 Å². The van der Waals surface area contributed by atoms with Crippen molar-refractivity contribution < 1.29 is 19.1 Å². The molecule has 2 amide bonds. The van der Waals surface area contributed by atoms with Crippen molar-refractivity contribution in [1.29, 1.82) is 0 Å². The number of hydrogen-bond donors (Lipinski definition) is 2. The molecule has 8 nitrogen and oxygen atoms in total. The van der Waals surface area contributed by atoms with Crippen molar-refractivity contribution in [3.8, 4) is 11.5 Å². The summed E-state index contributed by atoms with van der Waals surface area (Å²) in [5.74, 6) is 0.933. The van der Waals surface area contributed by atoms with Gasteiger partial charge in [0.05, 0.1) is 13.2 Å². The Hall–Kier alpha value is -5.76. The number of unbranched alkanes of at least 4 members (excludes halogenated alkanes) is 1. The van der Waals surface area contributed by atoms with Gasteiger partial charge in [0.2, 0.25) is 0 Å². The Morgan fingerprint density at radius 3 is 1.45 bits per heavy atom. The number of nitrogens with one attached hydrogen (secondary N) is 2. The first-order valence-electron chi connectivity index (χ1n) is 14.4. The highest BCUT2D eigenvalue weighted by Crippen LogP contribution is 2.29. The summed E-state index contributed by atoms with van der Waals surface area (Å²) >= 11 is 0. The molecule has 44 heavy (non-hydrogen) atoms. The number of anilines is 2. The number of fused-ring (bicyclic) bond motifs is 2. The van der Waals surface area contributed by atoms with E-state index in [2.05, 4.69) is 20.6 Å². The molecule has 0 aliphatic carbocycles. The van der Waals surface area contributed by atoms with Crippen molar-refractivity contribution in [2.75, 3.05) is 23.8 Å². The first-order valence-corrected chi connectivity index (χ1v) is 14.4. The maximum absolute atomic E-state index is 12.7. The van der Waals surface area contributed by atoms with Gasteiger partial charge >= 0.3 is 0 Å². The number of carbonyl (C=O) groups excluding carboxylic acids is 2. The number of pyridine rings is 2. The lowest BCUT2D eigenvalue weighted by Crippen LogP contribution is -2.13. The molecular weight excluding hydrogens is 552 g/mol. The van der Waals surface area contributed by atoms with Crippen LogP contribution < -0.4 is 20.1 Å². The van der Waals surface area contributed by atoms with Gasteiger partial charge in [-0.05, 0) is 84.3 Å². The standard InChI is InChI=1S/C36H30N4O4/c41-35(33-11-1-3-19-37-33)39-31-13-7-9-25-15-17-27(23-29(25)31)43-21-5-6-22-44-28-18-16-26-10-8-14-32(30(26)24-28)40-36(42)34-12-2-4-20-38-34/h1-4,7-20,23-24H,5-6,21-22H2,(H,39,41)(H,40,42). The Morgan fingerprint density at radius 1 is 0.545 bits per heavy atom. The van der Waals surface area contributed by atoms with Crippen molar-refractivity contribution in [2.45, 2.75) is 12.8 Å². The molecule has 6 rings (SSSR count). The highest BCUT2D eigenvalue weighted by Gasteiger charge is 2.11. The molecule has 0 aliphatic rings. The van der Waals surface area contributed by atoms with Gasteiger partial charge in [-0.25, -0.2) is 0 Å². The average Bonchev–Trinajstić information content (AvgIpc) is 3.07. The van der Waals surface area contributed by atoms with Crippen molar-refractivity contribution in [2.24, 2.45) is 0 Å². The van der Waals surface area contributed by atoms with Crippen molar-refractivity contribution in [3.05, 3.63) is 133 Å². The average molecular weight is 583 g/mol. The fourth-order valence-corrected chi connectivity index (χ4v) is 4.85. The van der Waals surface area contributed by atoms with Crippen LogP contribution in [0.2, 0.25) is 0 Å². The van der Waals surface area contributed by atoms with Gasteiger partial charge in [0, 0.05) is 34.5 Å². The second-order valence-electron chi connectivity index (χ2n) is 10.1. The number of rotatable bonds is 11. The normalized spacial score (nSPS) is 10.8. The van der Waals surface area contributed by atoms with E-state index in [1.54, 1.807) is 48.8 Å². The molecule has 4 aromatic carbocycles. The lowest BCUT2D eigenvalue weighted by Gasteiger charge is -2.12. The van der Waals surface area contributed by atoms with E-state index in [9.17, 15) is 9.59 Å². The molecule has 0 atom stereocenters. The van der Waals surface area contributed by atoms with Gasteiger partial charge in [-0.2, -0.15) is 0 Å².